The van der Waals surface area contributed by atoms with Gasteiger partial charge in [0.15, 0.2) is 0 Å². The minimum absolute atomic E-state index is 0.331. The monoisotopic (exact) mass is 364 g/mol. The molecule has 0 bridgehead atoms. The summed E-state index contributed by atoms with van der Waals surface area (Å²) in [4.78, 5) is 13.6. The molecule has 0 fully saturated rings. The summed E-state index contributed by atoms with van der Waals surface area (Å²) in [6.45, 7) is 1.95. The van der Waals surface area contributed by atoms with E-state index in [9.17, 15) is 9.90 Å². The van der Waals surface area contributed by atoms with Crippen LogP contribution in [-0.4, -0.2) is 18.2 Å². The Morgan fingerprint density at radius 2 is 2.09 bits per heavy atom. The highest BCUT2D eigenvalue weighted by Crippen LogP contribution is 2.43. The topological polar surface area (TPSA) is 46.5 Å². The SMILES string of the molecule is COc1cc2sc(C(=O)O)c(Sc3cccc(Cl)c3)c2cc1C. The first-order chi connectivity index (χ1) is 11.0. The van der Waals surface area contributed by atoms with Gasteiger partial charge in [0, 0.05) is 24.9 Å². The van der Waals surface area contributed by atoms with Crippen LogP contribution in [0, 0.1) is 6.92 Å². The van der Waals surface area contributed by atoms with E-state index in [4.69, 9.17) is 16.3 Å². The molecule has 3 aromatic rings. The molecule has 1 N–H and O–H groups in total. The Morgan fingerprint density at radius 1 is 1.30 bits per heavy atom. The second-order valence-corrected chi connectivity index (χ2v) is 7.52. The van der Waals surface area contributed by atoms with Crippen molar-refractivity contribution >= 4 is 50.8 Å². The van der Waals surface area contributed by atoms with Gasteiger partial charge in [-0.1, -0.05) is 29.4 Å². The van der Waals surface area contributed by atoms with Gasteiger partial charge in [-0.05, 0) is 42.8 Å². The van der Waals surface area contributed by atoms with Crippen molar-refractivity contribution in [3.63, 3.8) is 0 Å². The first-order valence-electron chi connectivity index (χ1n) is 6.77. The van der Waals surface area contributed by atoms with Crippen LogP contribution in [0.2, 0.25) is 5.02 Å². The zero-order valence-corrected chi connectivity index (χ0v) is 14.8. The number of rotatable bonds is 4. The fourth-order valence-corrected chi connectivity index (χ4v) is 4.86. The normalized spacial score (nSPS) is 10.9. The molecule has 0 aliphatic carbocycles. The number of ether oxygens (including phenoxy) is 1. The van der Waals surface area contributed by atoms with E-state index in [2.05, 4.69) is 0 Å². The largest absolute Gasteiger partial charge is 0.496 e. The third-order valence-electron chi connectivity index (χ3n) is 3.37. The third kappa shape index (κ3) is 3.17. The minimum atomic E-state index is -0.924. The van der Waals surface area contributed by atoms with Gasteiger partial charge in [0.05, 0.1) is 7.11 Å². The van der Waals surface area contributed by atoms with E-state index in [0.717, 1.165) is 31.2 Å². The van der Waals surface area contributed by atoms with E-state index >= 15 is 0 Å². The highest BCUT2D eigenvalue weighted by Gasteiger charge is 2.20. The van der Waals surface area contributed by atoms with Crippen LogP contribution < -0.4 is 4.74 Å². The van der Waals surface area contributed by atoms with Crippen molar-refractivity contribution in [2.75, 3.05) is 7.11 Å². The second-order valence-electron chi connectivity index (χ2n) is 4.94. The molecule has 2 aromatic carbocycles. The van der Waals surface area contributed by atoms with Crippen LogP contribution in [0.1, 0.15) is 15.2 Å². The number of aryl methyl sites for hydroxylation is 1. The lowest BCUT2D eigenvalue weighted by Crippen LogP contribution is -1.93. The van der Waals surface area contributed by atoms with Crippen LogP contribution in [0.4, 0.5) is 0 Å². The lowest BCUT2D eigenvalue weighted by atomic mass is 10.1. The van der Waals surface area contributed by atoms with Gasteiger partial charge in [-0.25, -0.2) is 4.79 Å². The van der Waals surface area contributed by atoms with Gasteiger partial charge in [0.25, 0.3) is 0 Å². The highest BCUT2D eigenvalue weighted by molar-refractivity contribution is 7.99. The van der Waals surface area contributed by atoms with Gasteiger partial charge in [0.1, 0.15) is 10.6 Å². The number of methoxy groups -OCH3 is 1. The molecule has 0 aliphatic rings. The number of carbonyl (C=O) groups is 1. The molecule has 23 heavy (non-hydrogen) atoms. The van der Waals surface area contributed by atoms with Gasteiger partial charge < -0.3 is 9.84 Å². The van der Waals surface area contributed by atoms with Crippen LogP contribution in [0.15, 0.2) is 46.2 Å². The molecule has 118 valence electrons. The molecular formula is C17H13ClO3S2. The van der Waals surface area contributed by atoms with Crippen molar-refractivity contribution in [3.05, 3.63) is 51.9 Å². The number of halogens is 1. The summed E-state index contributed by atoms with van der Waals surface area (Å²) < 4.78 is 6.23. The molecule has 1 aromatic heterocycles. The Morgan fingerprint density at radius 3 is 2.74 bits per heavy atom. The third-order valence-corrected chi connectivity index (χ3v) is 5.99. The Kier molecular flexibility index (Phi) is 4.53. The maximum absolute atomic E-state index is 11.6. The molecule has 0 unspecified atom stereocenters. The summed E-state index contributed by atoms with van der Waals surface area (Å²) in [6.07, 6.45) is 0. The molecule has 0 atom stereocenters. The van der Waals surface area contributed by atoms with Crippen molar-refractivity contribution in [3.8, 4) is 5.75 Å². The summed E-state index contributed by atoms with van der Waals surface area (Å²) >= 11 is 8.71. The average molecular weight is 365 g/mol. The summed E-state index contributed by atoms with van der Waals surface area (Å²) in [7, 11) is 1.61. The molecule has 6 heteroatoms. The first kappa shape index (κ1) is 16.2. The summed E-state index contributed by atoms with van der Waals surface area (Å²) in [5, 5.41) is 11.1. The van der Waals surface area contributed by atoms with Crippen LogP contribution in [0.3, 0.4) is 0 Å². The zero-order valence-electron chi connectivity index (χ0n) is 12.4. The molecule has 0 saturated carbocycles. The summed E-state index contributed by atoms with van der Waals surface area (Å²) in [5.41, 5.74) is 0.975. The van der Waals surface area contributed by atoms with E-state index in [1.165, 1.54) is 23.1 Å². The number of carboxylic acids is 1. The fourth-order valence-electron chi connectivity index (χ4n) is 2.32. The van der Waals surface area contributed by atoms with Gasteiger partial charge in [-0.2, -0.15) is 0 Å². The van der Waals surface area contributed by atoms with Crippen LogP contribution in [0.5, 0.6) is 5.75 Å². The lowest BCUT2D eigenvalue weighted by Gasteiger charge is -2.06. The Bertz CT molecular complexity index is 902. The molecule has 0 amide bonds. The maximum Gasteiger partial charge on any atom is 0.347 e. The number of hydrogen-bond acceptors (Lipinski definition) is 4. The molecular weight excluding hydrogens is 352 g/mol. The molecule has 1 heterocycles. The van der Waals surface area contributed by atoms with Crippen LogP contribution >= 0.6 is 34.7 Å². The van der Waals surface area contributed by atoms with E-state index in [-0.39, 0.29) is 0 Å². The smallest absolute Gasteiger partial charge is 0.347 e. The number of benzene rings is 2. The Hall–Kier alpha value is -1.69. The first-order valence-corrected chi connectivity index (χ1v) is 8.78. The molecule has 0 aliphatic heterocycles. The van der Waals surface area contributed by atoms with Crippen molar-refractivity contribution < 1.29 is 14.6 Å². The van der Waals surface area contributed by atoms with E-state index in [1.54, 1.807) is 13.2 Å². The van der Waals surface area contributed by atoms with Crippen molar-refractivity contribution in [2.45, 2.75) is 16.7 Å². The predicted molar refractivity (Wildman–Crippen MR) is 95.6 cm³/mol. The molecule has 3 nitrogen and oxygen atoms in total. The second kappa shape index (κ2) is 6.43. The van der Waals surface area contributed by atoms with Crippen molar-refractivity contribution in [1.29, 1.82) is 0 Å². The van der Waals surface area contributed by atoms with Gasteiger partial charge in [-0.15, -0.1) is 11.3 Å². The highest BCUT2D eigenvalue weighted by atomic mass is 35.5. The number of aromatic carboxylic acids is 1. The molecule has 3 rings (SSSR count). The minimum Gasteiger partial charge on any atom is -0.496 e. The van der Waals surface area contributed by atoms with Gasteiger partial charge >= 0.3 is 5.97 Å². The standard InChI is InChI=1S/C17H13ClO3S2/c1-9-6-12-14(8-13(9)21-2)23-16(17(19)20)15(12)22-11-5-3-4-10(18)7-11/h3-8H,1-2H3,(H,19,20). The summed E-state index contributed by atoms with van der Waals surface area (Å²) in [5.74, 6) is -0.164. The van der Waals surface area contributed by atoms with E-state index in [0.29, 0.717) is 9.90 Å². The summed E-state index contributed by atoms with van der Waals surface area (Å²) in [6, 6.07) is 11.3. The molecule has 0 radical (unpaired) electrons. The Balaban J connectivity index is 2.18. The van der Waals surface area contributed by atoms with Crippen LogP contribution in [0.25, 0.3) is 10.1 Å². The quantitative estimate of drug-likeness (QED) is 0.643. The maximum atomic E-state index is 11.6. The number of hydrogen-bond donors (Lipinski definition) is 1. The van der Waals surface area contributed by atoms with E-state index in [1.807, 2.05) is 37.3 Å². The lowest BCUT2D eigenvalue weighted by molar-refractivity contribution is 0.0699. The molecule has 0 spiro atoms. The number of thiophene rings is 1. The van der Waals surface area contributed by atoms with Crippen LogP contribution in [-0.2, 0) is 0 Å². The van der Waals surface area contributed by atoms with Gasteiger partial charge in [0.2, 0.25) is 0 Å². The average Bonchev–Trinajstić information content (AvgIpc) is 2.84. The Labute approximate surface area is 146 Å². The van der Waals surface area contributed by atoms with Crippen molar-refractivity contribution in [1.82, 2.24) is 0 Å². The van der Waals surface area contributed by atoms with Crippen molar-refractivity contribution in [2.24, 2.45) is 0 Å². The number of carboxylic acid groups (broad SMARTS) is 1. The number of fused-ring (bicyclic) bond motifs is 1. The van der Waals surface area contributed by atoms with E-state index < -0.39 is 5.97 Å². The zero-order chi connectivity index (χ0) is 16.6. The molecule has 0 saturated heterocycles. The predicted octanol–water partition coefficient (Wildman–Crippen LogP) is 5.72. The van der Waals surface area contributed by atoms with Gasteiger partial charge in [-0.3, -0.25) is 0 Å². The fraction of sp³-hybridized carbons (Fsp3) is 0.118.